The number of hydrogen-bond donors (Lipinski definition) is 4. The van der Waals surface area contributed by atoms with E-state index >= 15 is 0 Å². The van der Waals surface area contributed by atoms with Crippen LogP contribution in [0.1, 0.15) is 32.0 Å². The lowest BCUT2D eigenvalue weighted by Gasteiger charge is -2.32. The van der Waals surface area contributed by atoms with Crippen LogP contribution in [0.15, 0.2) is 12.4 Å². The zero-order valence-corrected chi connectivity index (χ0v) is 15.0. The molecular formula is C17H24N4O5. The standard InChI is InChI=1S/C17H24N4O5/c1-17(2,3)26-16(25)21-10(6-22)13(23)14(24)12(21)8-4-5-9-11(8)19-7-20-15(9)18/h4,7,10,12-14,22-24H,5-6H2,1-3H3,(H2,18,19,20)/t10-,12+,13-,14+/m1/s1. The predicted molar refractivity (Wildman–Crippen MR) is 92.9 cm³/mol. The van der Waals surface area contributed by atoms with Crippen molar-refractivity contribution in [1.29, 1.82) is 0 Å². The van der Waals surface area contributed by atoms with Gasteiger partial charge in [-0.3, -0.25) is 4.90 Å². The molecule has 4 atom stereocenters. The van der Waals surface area contributed by atoms with Crippen LogP contribution in [-0.2, 0) is 11.2 Å². The Bertz CT molecular complexity index is 745. The van der Waals surface area contributed by atoms with E-state index < -0.39 is 42.6 Å². The first-order chi connectivity index (χ1) is 12.2. The second-order valence-corrected chi connectivity index (χ2v) is 7.51. The van der Waals surface area contributed by atoms with Crippen molar-refractivity contribution in [3.8, 4) is 0 Å². The number of aliphatic hydroxyl groups excluding tert-OH is 3. The summed E-state index contributed by atoms with van der Waals surface area (Å²) in [6, 6.07) is -1.90. The van der Waals surface area contributed by atoms with E-state index in [0.29, 0.717) is 29.1 Å². The fraction of sp³-hybridized carbons (Fsp3) is 0.588. The van der Waals surface area contributed by atoms with Gasteiger partial charge in [0.15, 0.2) is 0 Å². The summed E-state index contributed by atoms with van der Waals surface area (Å²) < 4.78 is 5.42. The maximum atomic E-state index is 12.8. The van der Waals surface area contributed by atoms with Crippen LogP contribution < -0.4 is 5.73 Å². The third-order valence-electron chi connectivity index (χ3n) is 4.61. The number of anilines is 1. The lowest BCUT2D eigenvalue weighted by atomic mass is 9.99. The summed E-state index contributed by atoms with van der Waals surface area (Å²) >= 11 is 0. The molecular weight excluding hydrogens is 340 g/mol. The number of aromatic nitrogens is 2. The van der Waals surface area contributed by atoms with Gasteiger partial charge in [-0.25, -0.2) is 14.8 Å². The molecule has 1 aromatic rings. The van der Waals surface area contributed by atoms with Crippen LogP contribution in [-0.4, -0.2) is 72.8 Å². The highest BCUT2D eigenvalue weighted by molar-refractivity contribution is 5.81. The van der Waals surface area contributed by atoms with E-state index in [1.165, 1.54) is 11.2 Å². The molecule has 0 aromatic carbocycles. The monoisotopic (exact) mass is 364 g/mol. The van der Waals surface area contributed by atoms with Gasteiger partial charge in [0.2, 0.25) is 0 Å². The van der Waals surface area contributed by atoms with E-state index in [9.17, 15) is 20.1 Å². The van der Waals surface area contributed by atoms with Crippen LogP contribution in [0.5, 0.6) is 0 Å². The summed E-state index contributed by atoms with van der Waals surface area (Å²) in [5.41, 5.74) is 6.91. The van der Waals surface area contributed by atoms with Gasteiger partial charge in [0.25, 0.3) is 0 Å². The summed E-state index contributed by atoms with van der Waals surface area (Å²) in [7, 11) is 0. The largest absolute Gasteiger partial charge is 0.444 e. The van der Waals surface area contributed by atoms with E-state index in [1.807, 2.05) is 0 Å². The zero-order valence-electron chi connectivity index (χ0n) is 15.0. The van der Waals surface area contributed by atoms with E-state index in [-0.39, 0.29) is 0 Å². The van der Waals surface area contributed by atoms with Gasteiger partial charge in [0, 0.05) is 5.56 Å². The molecule has 9 heteroatoms. The second-order valence-electron chi connectivity index (χ2n) is 7.51. The smallest absolute Gasteiger partial charge is 0.411 e. The zero-order chi connectivity index (χ0) is 19.2. The van der Waals surface area contributed by atoms with Crippen LogP contribution in [0.25, 0.3) is 5.57 Å². The van der Waals surface area contributed by atoms with Crippen LogP contribution in [0.4, 0.5) is 10.6 Å². The van der Waals surface area contributed by atoms with E-state index in [1.54, 1.807) is 26.8 Å². The highest BCUT2D eigenvalue weighted by Gasteiger charge is 2.53. The number of amides is 1. The minimum atomic E-state index is -1.32. The van der Waals surface area contributed by atoms with Crippen LogP contribution in [0, 0.1) is 0 Å². The average molecular weight is 364 g/mol. The Kier molecular flexibility index (Phi) is 4.63. The predicted octanol–water partition coefficient (Wildman–Crippen LogP) is -0.300. The van der Waals surface area contributed by atoms with Gasteiger partial charge in [-0.15, -0.1) is 0 Å². The molecule has 1 fully saturated rings. The lowest BCUT2D eigenvalue weighted by Crippen LogP contribution is -2.48. The van der Waals surface area contributed by atoms with Crippen molar-refractivity contribution in [2.45, 2.75) is 57.1 Å². The van der Waals surface area contributed by atoms with Crippen molar-refractivity contribution >= 4 is 17.5 Å². The first-order valence-electron chi connectivity index (χ1n) is 8.43. The molecule has 2 aliphatic rings. The maximum Gasteiger partial charge on any atom is 0.411 e. The molecule has 0 unspecified atom stereocenters. The Labute approximate surface area is 151 Å². The number of carbonyl (C=O) groups excluding carboxylic acids is 1. The Balaban J connectivity index is 2.01. The topological polar surface area (TPSA) is 142 Å². The summed E-state index contributed by atoms with van der Waals surface area (Å²) in [5.74, 6) is 0.330. The molecule has 5 N–H and O–H groups in total. The number of hydrogen-bond acceptors (Lipinski definition) is 8. The van der Waals surface area contributed by atoms with Crippen molar-refractivity contribution in [2.24, 2.45) is 0 Å². The van der Waals surface area contributed by atoms with Crippen molar-refractivity contribution < 1.29 is 24.9 Å². The van der Waals surface area contributed by atoms with E-state index in [2.05, 4.69) is 9.97 Å². The Morgan fingerprint density at radius 1 is 1.35 bits per heavy atom. The molecule has 1 aliphatic heterocycles. The number of ether oxygens (including phenoxy) is 1. The van der Waals surface area contributed by atoms with Crippen LogP contribution in [0.3, 0.4) is 0 Å². The lowest BCUT2D eigenvalue weighted by molar-refractivity contribution is 0.000977. The highest BCUT2D eigenvalue weighted by Crippen LogP contribution is 2.39. The van der Waals surface area contributed by atoms with Crippen molar-refractivity contribution in [3.63, 3.8) is 0 Å². The molecule has 0 saturated carbocycles. The SMILES string of the molecule is CC(C)(C)OC(=O)N1[C@H](CO)[C@@H](O)[C@@H](O)[C@@H]1C1=CCc2c(N)ncnc21. The van der Waals surface area contributed by atoms with Crippen molar-refractivity contribution in [1.82, 2.24) is 14.9 Å². The molecule has 1 aliphatic carbocycles. The fourth-order valence-electron chi connectivity index (χ4n) is 3.49. The van der Waals surface area contributed by atoms with E-state index in [4.69, 9.17) is 10.5 Å². The summed E-state index contributed by atoms with van der Waals surface area (Å²) in [4.78, 5) is 22.1. The minimum Gasteiger partial charge on any atom is -0.444 e. The molecule has 3 rings (SSSR count). The van der Waals surface area contributed by atoms with Crippen LogP contribution >= 0.6 is 0 Å². The summed E-state index contributed by atoms with van der Waals surface area (Å²) in [6.45, 7) is 4.64. The van der Waals surface area contributed by atoms with Gasteiger partial charge in [0.05, 0.1) is 24.4 Å². The van der Waals surface area contributed by atoms with Gasteiger partial charge < -0.3 is 25.8 Å². The molecule has 1 aromatic heterocycles. The number of aliphatic hydroxyl groups is 3. The van der Waals surface area contributed by atoms with Gasteiger partial charge >= 0.3 is 6.09 Å². The summed E-state index contributed by atoms with van der Waals surface area (Å²) in [5, 5.41) is 30.7. The van der Waals surface area contributed by atoms with Crippen molar-refractivity contribution in [2.75, 3.05) is 12.3 Å². The summed E-state index contributed by atoms with van der Waals surface area (Å²) in [6.07, 6.45) is 0.228. The quantitative estimate of drug-likeness (QED) is 0.560. The Morgan fingerprint density at radius 3 is 2.65 bits per heavy atom. The first kappa shape index (κ1) is 18.6. The number of nitrogens with two attached hydrogens (primary N) is 1. The van der Waals surface area contributed by atoms with Gasteiger partial charge in [-0.1, -0.05) is 6.08 Å². The normalized spacial score (nSPS) is 28.1. The number of nitrogens with zero attached hydrogens (tertiary/aromatic N) is 3. The molecule has 9 nitrogen and oxygen atoms in total. The number of nitrogen functional groups attached to an aromatic ring is 1. The molecule has 1 saturated heterocycles. The van der Waals surface area contributed by atoms with Gasteiger partial charge in [-0.2, -0.15) is 0 Å². The first-order valence-corrected chi connectivity index (χ1v) is 8.43. The highest BCUT2D eigenvalue weighted by atomic mass is 16.6. The minimum absolute atomic E-state index is 0.330. The van der Waals surface area contributed by atoms with Crippen LogP contribution in [0.2, 0.25) is 0 Å². The number of rotatable bonds is 2. The molecule has 2 heterocycles. The number of likely N-dealkylation sites (tertiary alicyclic amines) is 1. The van der Waals surface area contributed by atoms with Crippen molar-refractivity contribution in [3.05, 3.63) is 23.7 Å². The number of fused-ring (bicyclic) bond motifs is 1. The third-order valence-corrected chi connectivity index (χ3v) is 4.61. The fourth-order valence-corrected chi connectivity index (χ4v) is 3.49. The molecule has 142 valence electrons. The van der Waals surface area contributed by atoms with E-state index in [0.717, 1.165) is 0 Å². The second kappa shape index (κ2) is 6.49. The molecule has 0 bridgehead atoms. The molecule has 0 radical (unpaired) electrons. The third kappa shape index (κ3) is 3.02. The van der Waals surface area contributed by atoms with Gasteiger partial charge in [-0.05, 0) is 32.8 Å². The average Bonchev–Trinajstić information content (AvgIpc) is 3.07. The number of allylic oxidation sites excluding steroid dienone is 1. The molecule has 26 heavy (non-hydrogen) atoms. The molecule has 0 spiro atoms. The molecule has 1 amide bonds. The Morgan fingerprint density at radius 2 is 2.04 bits per heavy atom. The Hall–Kier alpha value is -2.23. The van der Waals surface area contributed by atoms with Gasteiger partial charge in [0.1, 0.15) is 30.0 Å². The number of carbonyl (C=O) groups is 1. The maximum absolute atomic E-state index is 12.8.